The summed E-state index contributed by atoms with van der Waals surface area (Å²) in [6.07, 6.45) is 8.10. The van der Waals surface area contributed by atoms with Gasteiger partial charge in [-0.1, -0.05) is 36.9 Å². The highest BCUT2D eigenvalue weighted by Crippen LogP contribution is 2.21. The standard InChI is InChI=1S/C17H19NO2/c1-3-5-6-13(4-2)12-20-16-8-7-14-11-18-17(19)10-15(14)9-16/h3-9H,2,10-12H2,1H3,(H,18,19)/b5-3-,13-6+. The Balaban J connectivity index is 2.05. The quantitative estimate of drug-likeness (QED) is 0.835. The molecule has 0 radical (unpaired) electrons. The van der Waals surface area contributed by atoms with Crippen molar-refractivity contribution in [3.05, 3.63) is 65.8 Å². The molecule has 0 fully saturated rings. The fourth-order valence-corrected chi connectivity index (χ4v) is 2.02. The van der Waals surface area contributed by atoms with Crippen LogP contribution in [0.25, 0.3) is 0 Å². The molecule has 1 N–H and O–H groups in total. The second-order valence-electron chi connectivity index (χ2n) is 4.64. The predicted octanol–water partition coefficient (Wildman–Crippen LogP) is 2.93. The number of hydrogen-bond donors (Lipinski definition) is 1. The van der Waals surface area contributed by atoms with Crippen LogP contribution in [-0.4, -0.2) is 12.5 Å². The van der Waals surface area contributed by atoms with Crippen LogP contribution in [0.15, 0.2) is 54.7 Å². The fourth-order valence-electron chi connectivity index (χ4n) is 2.02. The van der Waals surface area contributed by atoms with Gasteiger partial charge in [0.1, 0.15) is 12.4 Å². The summed E-state index contributed by atoms with van der Waals surface area (Å²) in [7, 11) is 0. The molecule has 1 aliphatic heterocycles. The van der Waals surface area contributed by atoms with Crippen molar-refractivity contribution in [1.29, 1.82) is 0 Å². The van der Waals surface area contributed by atoms with E-state index in [2.05, 4.69) is 11.9 Å². The Morgan fingerprint density at radius 1 is 1.45 bits per heavy atom. The minimum absolute atomic E-state index is 0.0643. The maximum atomic E-state index is 11.4. The molecule has 3 heteroatoms. The van der Waals surface area contributed by atoms with Crippen molar-refractivity contribution in [1.82, 2.24) is 5.32 Å². The monoisotopic (exact) mass is 269 g/mol. The maximum absolute atomic E-state index is 11.4. The first-order valence-electron chi connectivity index (χ1n) is 6.68. The van der Waals surface area contributed by atoms with E-state index in [0.29, 0.717) is 19.6 Å². The van der Waals surface area contributed by atoms with Crippen molar-refractivity contribution >= 4 is 5.91 Å². The molecule has 1 aromatic rings. The van der Waals surface area contributed by atoms with E-state index in [1.54, 1.807) is 6.08 Å². The predicted molar refractivity (Wildman–Crippen MR) is 80.6 cm³/mol. The Labute approximate surface area is 119 Å². The molecule has 0 aliphatic carbocycles. The van der Waals surface area contributed by atoms with Crippen LogP contribution in [0.4, 0.5) is 0 Å². The molecule has 0 saturated carbocycles. The summed E-state index contributed by atoms with van der Waals surface area (Å²) < 4.78 is 5.75. The van der Waals surface area contributed by atoms with Gasteiger partial charge in [-0.2, -0.15) is 0 Å². The lowest BCUT2D eigenvalue weighted by Crippen LogP contribution is -2.30. The Kier molecular flexibility index (Phi) is 4.77. The molecule has 2 rings (SSSR count). The molecule has 104 valence electrons. The lowest BCUT2D eigenvalue weighted by atomic mass is 10.0. The first kappa shape index (κ1) is 14.1. The van der Waals surface area contributed by atoms with Gasteiger partial charge in [-0.15, -0.1) is 0 Å². The van der Waals surface area contributed by atoms with Crippen molar-refractivity contribution in [3.8, 4) is 5.75 Å². The zero-order valence-electron chi connectivity index (χ0n) is 11.7. The van der Waals surface area contributed by atoms with Gasteiger partial charge in [0.25, 0.3) is 0 Å². The number of nitrogens with one attached hydrogen (secondary N) is 1. The third-order valence-electron chi connectivity index (χ3n) is 3.18. The van der Waals surface area contributed by atoms with Gasteiger partial charge in [0.15, 0.2) is 0 Å². The van der Waals surface area contributed by atoms with Crippen LogP contribution >= 0.6 is 0 Å². The summed E-state index contributed by atoms with van der Waals surface area (Å²) >= 11 is 0. The minimum atomic E-state index is 0.0643. The normalized spacial score (nSPS) is 14.8. The molecule has 3 nitrogen and oxygen atoms in total. The van der Waals surface area contributed by atoms with Crippen LogP contribution in [0, 0.1) is 0 Å². The second-order valence-corrected chi connectivity index (χ2v) is 4.64. The largest absolute Gasteiger partial charge is 0.489 e. The topological polar surface area (TPSA) is 38.3 Å². The maximum Gasteiger partial charge on any atom is 0.224 e. The van der Waals surface area contributed by atoms with E-state index in [1.807, 2.05) is 43.4 Å². The van der Waals surface area contributed by atoms with Crippen molar-refractivity contribution in [3.63, 3.8) is 0 Å². The molecular weight excluding hydrogens is 250 g/mol. The summed E-state index contributed by atoms with van der Waals surface area (Å²) in [4.78, 5) is 11.4. The van der Waals surface area contributed by atoms with Crippen LogP contribution < -0.4 is 10.1 Å². The number of hydrogen-bond acceptors (Lipinski definition) is 2. The zero-order chi connectivity index (χ0) is 14.4. The SMILES string of the molecule is C=C/C(=C\C=C/C)COc1ccc2c(c1)CC(=O)NC2. The van der Waals surface area contributed by atoms with E-state index in [4.69, 9.17) is 4.74 Å². The molecule has 1 aromatic carbocycles. The molecule has 20 heavy (non-hydrogen) atoms. The van der Waals surface area contributed by atoms with Crippen LogP contribution in [0.1, 0.15) is 18.1 Å². The first-order valence-corrected chi connectivity index (χ1v) is 6.68. The smallest absolute Gasteiger partial charge is 0.224 e. The van der Waals surface area contributed by atoms with Gasteiger partial charge in [-0.3, -0.25) is 4.79 Å². The van der Waals surface area contributed by atoms with E-state index < -0.39 is 0 Å². The third kappa shape index (κ3) is 3.60. The molecule has 0 unspecified atom stereocenters. The summed E-state index contributed by atoms with van der Waals surface area (Å²) in [5.41, 5.74) is 3.22. The summed E-state index contributed by atoms with van der Waals surface area (Å²) in [5, 5.41) is 2.83. The Morgan fingerprint density at radius 2 is 2.30 bits per heavy atom. The van der Waals surface area contributed by atoms with Gasteiger partial charge < -0.3 is 10.1 Å². The molecule has 0 spiro atoms. The van der Waals surface area contributed by atoms with Gasteiger partial charge in [-0.05, 0) is 35.8 Å². The average molecular weight is 269 g/mol. The number of allylic oxidation sites excluding steroid dienone is 3. The van der Waals surface area contributed by atoms with E-state index in [0.717, 1.165) is 22.4 Å². The Bertz CT molecular complexity index is 570. The number of benzene rings is 1. The highest BCUT2D eigenvalue weighted by Gasteiger charge is 2.15. The lowest BCUT2D eigenvalue weighted by molar-refractivity contribution is -0.121. The summed E-state index contributed by atoms with van der Waals surface area (Å²) in [6.45, 7) is 6.81. The second kappa shape index (κ2) is 6.75. The third-order valence-corrected chi connectivity index (χ3v) is 3.18. The van der Waals surface area contributed by atoms with Crippen LogP contribution in [0.2, 0.25) is 0 Å². The van der Waals surface area contributed by atoms with Crippen molar-refractivity contribution in [2.75, 3.05) is 6.61 Å². The van der Waals surface area contributed by atoms with Gasteiger partial charge in [0.05, 0.1) is 6.42 Å². The molecule has 0 atom stereocenters. The minimum Gasteiger partial charge on any atom is -0.489 e. The number of carbonyl (C=O) groups excluding carboxylic acids is 1. The summed E-state index contributed by atoms with van der Waals surface area (Å²) in [6, 6.07) is 5.89. The van der Waals surface area contributed by atoms with Crippen molar-refractivity contribution < 1.29 is 9.53 Å². The first-order chi connectivity index (χ1) is 9.72. The van der Waals surface area contributed by atoms with Crippen molar-refractivity contribution in [2.45, 2.75) is 19.9 Å². The van der Waals surface area contributed by atoms with E-state index in [-0.39, 0.29) is 5.91 Å². The molecule has 0 saturated heterocycles. The molecule has 0 aromatic heterocycles. The number of fused-ring (bicyclic) bond motifs is 1. The van der Waals surface area contributed by atoms with E-state index in [9.17, 15) is 4.79 Å². The van der Waals surface area contributed by atoms with Crippen molar-refractivity contribution in [2.24, 2.45) is 0 Å². The van der Waals surface area contributed by atoms with Gasteiger partial charge in [0.2, 0.25) is 5.91 Å². The highest BCUT2D eigenvalue weighted by molar-refractivity contribution is 5.80. The van der Waals surface area contributed by atoms with Gasteiger partial charge in [0, 0.05) is 6.54 Å². The number of amides is 1. The van der Waals surface area contributed by atoms with Crippen LogP contribution in [-0.2, 0) is 17.8 Å². The zero-order valence-corrected chi connectivity index (χ0v) is 11.7. The average Bonchev–Trinajstić information content (AvgIpc) is 2.47. The lowest BCUT2D eigenvalue weighted by Gasteiger charge is -2.17. The summed E-state index contributed by atoms with van der Waals surface area (Å²) in [5.74, 6) is 0.848. The number of carbonyl (C=O) groups is 1. The Morgan fingerprint density at radius 3 is 3.05 bits per heavy atom. The fraction of sp³-hybridized carbons (Fsp3) is 0.235. The van der Waals surface area contributed by atoms with Crippen LogP contribution in [0.3, 0.4) is 0 Å². The van der Waals surface area contributed by atoms with Crippen LogP contribution in [0.5, 0.6) is 5.75 Å². The molecular formula is C17H19NO2. The molecule has 1 heterocycles. The van der Waals surface area contributed by atoms with Gasteiger partial charge >= 0.3 is 0 Å². The molecule has 1 aliphatic rings. The number of rotatable bonds is 5. The van der Waals surface area contributed by atoms with Gasteiger partial charge in [-0.25, -0.2) is 0 Å². The van der Waals surface area contributed by atoms with E-state index >= 15 is 0 Å². The molecule has 1 amide bonds. The van der Waals surface area contributed by atoms with E-state index in [1.165, 1.54) is 0 Å². The molecule has 0 bridgehead atoms. The highest BCUT2D eigenvalue weighted by atomic mass is 16.5. The Hall–Kier alpha value is -2.29. The number of ether oxygens (including phenoxy) is 1.